The van der Waals surface area contributed by atoms with Crippen LogP contribution in [0.2, 0.25) is 0 Å². The van der Waals surface area contributed by atoms with Gasteiger partial charge in [0.1, 0.15) is 5.58 Å². The number of para-hydroxylation sites is 1. The molecular formula is C17H23ClN2O2. The number of fused-ring (bicyclic) bond motifs is 1. The van der Waals surface area contributed by atoms with Crippen molar-refractivity contribution in [1.82, 2.24) is 5.32 Å². The fourth-order valence-corrected chi connectivity index (χ4v) is 3.12. The highest BCUT2D eigenvalue weighted by atomic mass is 35.5. The number of benzene rings is 1. The van der Waals surface area contributed by atoms with Crippen LogP contribution in [0.1, 0.15) is 47.4 Å². The molecule has 0 radical (unpaired) electrons. The predicted octanol–water partition coefficient (Wildman–Crippen LogP) is 3.47. The van der Waals surface area contributed by atoms with Crippen LogP contribution < -0.4 is 11.1 Å². The van der Waals surface area contributed by atoms with Gasteiger partial charge in [-0.1, -0.05) is 18.2 Å². The topological polar surface area (TPSA) is 68.3 Å². The van der Waals surface area contributed by atoms with Crippen molar-refractivity contribution in [2.75, 3.05) is 0 Å². The largest absolute Gasteiger partial charge is 0.450 e. The van der Waals surface area contributed by atoms with Crippen LogP contribution in [0.5, 0.6) is 0 Å². The van der Waals surface area contributed by atoms with E-state index < -0.39 is 0 Å². The highest BCUT2D eigenvalue weighted by molar-refractivity contribution is 5.99. The highest BCUT2D eigenvalue weighted by Crippen LogP contribution is 2.28. The molecule has 3 N–H and O–H groups in total. The van der Waals surface area contributed by atoms with E-state index in [0.717, 1.165) is 47.8 Å². The molecule has 1 fully saturated rings. The number of carbonyl (C=O) groups is 1. The number of amides is 1. The lowest BCUT2D eigenvalue weighted by atomic mass is 9.92. The molecule has 1 saturated carbocycles. The molecule has 0 saturated heterocycles. The summed E-state index contributed by atoms with van der Waals surface area (Å²) in [5, 5.41) is 4.11. The Labute approximate surface area is 136 Å². The van der Waals surface area contributed by atoms with Crippen molar-refractivity contribution in [3.8, 4) is 0 Å². The number of rotatable bonds is 2. The maximum Gasteiger partial charge on any atom is 0.287 e. The van der Waals surface area contributed by atoms with Crippen molar-refractivity contribution in [3.05, 3.63) is 35.1 Å². The lowest BCUT2D eigenvalue weighted by Crippen LogP contribution is -2.40. The summed E-state index contributed by atoms with van der Waals surface area (Å²) in [5.41, 5.74) is 8.68. The molecule has 0 unspecified atom stereocenters. The van der Waals surface area contributed by atoms with Crippen molar-refractivity contribution in [1.29, 1.82) is 0 Å². The van der Waals surface area contributed by atoms with Gasteiger partial charge in [0.2, 0.25) is 0 Å². The van der Waals surface area contributed by atoms with Crippen LogP contribution in [-0.2, 0) is 0 Å². The molecule has 22 heavy (non-hydrogen) atoms. The summed E-state index contributed by atoms with van der Waals surface area (Å²) < 4.78 is 5.82. The van der Waals surface area contributed by atoms with E-state index in [0.29, 0.717) is 5.76 Å². The average molecular weight is 323 g/mol. The Hall–Kier alpha value is -1.52. The van der Waals surface area contributed by atoms with Crippen LogP contribution in [-0.4, -0.2) is 18.0 Å². The van der Waals surface area contributed by atoms with E-state index in [4.69, 9.17) is 10.2 Å². The molecule has 2 aromatic rings. The maximum atomic E-state index is 12.5. The van der Waals surface area contributed by atoms with Crippen molar-refractivity contribution >= 4 is 29.3 Å². The van der Waals surface area contributed by atoms with Gasteiger partial charge in [0.25, 0.3) is 5.91 Å². The lowest BCUT2D eigenvalue weighted by Gasteiger charge is -2.26. The van der Waals surface area contributed by atoms with Crippen LogP contribution in [0.4, 0.5) is 0 Å². The Balaban J connectivity index is 0.00000176. The Morgan fingerprint density at radius 1 is 1.23 bits per heavy atom. The fourth-order valence-electron chi connectivity index (χ4n) is 3.12. The Kier molecular flexibility index (Phi) is 5.14. The number of hydrogen-bond donors (Lipinski definition) is 2. The molecule has 0 spiro atoms. The van der Waals surface area contributed by atoms with Gasteiger partial charge in [0.15, 0.2) is 5.76 Å². The smallest absolute Gasteiger partial charge is 0.287 e. The summed E-state index contributed by atoms with van der Waals surface area (Å²) in [6, 6.07) is 6.48. The van der Waals surface area contributed by atoms with E-state index in [2.05, 4.69) is 5.32 Å². The SMILES string of the molecule is Cc1c(C(=O)NC2CCC(N)CC2)oc2c(C)cccc12.Cl. The fraction of sp³-hybridized carbons (Fsp3) is 0.471. The molecule has 0 aliphatic heterocycles. The number of halogens is 1. The second kappa shape index (κ2) is 6.71. The number of nitrogens with two attached hydrogens (primary N) is 1. The Morgan fingerprint density at radius 3 is 2.55 bits per heavy atom. The van der Waals surface area contributed by atoms with Crippen molar-refractivity contribution < 1.29 is 9.21 Å². The average Bonchev–Trinajstić information content (AvgIpc) is 2.81. The molecule has 3 rings (SSSR count). The summed E-state index contributed by atoms with van der Waals surface area (Å²) in [6.45, 7) is 3.94. The van der Waals surface area contributed by atoms with Crippen LogP contribution in [0.15, 0.2) is 22.6 Å². The summed E-state index contributed by atoms with van der Waals surface area (Å²) in [6.07, 6.45) is 3.85. The number of aryl methyl sites for hydroxylation is 2. The maximum absolute atomic E-state index is 12.5. The van der Waals surface area contributed by atoms with Crippen LogP contribution in [0, 0.1) is 13.8 Å². The molecule has 1 aromatic carbocycles. The first kappa shape index (κ1) is 16.8. The number of carbonyl (C=O) groups excluding carboxylic acids is 1. The van der Waals surface area contributed by atoms with Gasteiger partial charge in [-0.05, 0) is 45.1 Å². The summed E-state index contributed by atoms with van der Waals surface area (Å²) in [5.74, 6) is 0.331. The minimum atomic E-state index is -0.108. The molecular weight excluding hydrogens is 300 g/mol. The molecule has 1 aliphatic rings. The van der Waals surface area contributed by atoms with Crippen molar-refractivity contribution in [3.63, 3.8) is 0 Å². The minimum Gasteiger partial charge on any atom is -0.450 e. The Morgan fingerprint density at radius 2 is 1.91 bits per heavy atom. The highest BCUT2D eigenvalue weighted by Gasteiger charge is 2.24. The Bertz CT molecular complexity index is 673. The van der Waals surface area contributed by atoms with E-state index >= 15 is 0 Å². The van der Waals surface area contributed by atoms with Crippen LogP contribution in [0.3, 0.4) is 0 Å². The summed E-state index contributed by atoms with van der Waals surface area (Å²) >= 11 is 0. The molecule has 1 aliphatic carbocycles. The van der Waals surface area contributed by atoms with E-state index in [1.54, 1.807) is 0 Å². The number of hydrogen-bond acceptors (Lipinski definition) is 3. The predicted molar refractivity (Wildman–Crippen MR) is 90.6 cm³/mol. The van der Waals surface area contributed by atoms with Gasteiger partial charge in [-0.25, -0.2) is 0 Å². The second-order valence-corrected chi connectivity index (χ2v) is 6.09. The summed E-state index contributed by atoms with van der Waals surface area (Å²) in [7, 11) is 0. The first-order valence-corrected chi connectivity index (χ1v) is 7.61. The molecule has 120 valence electrons. The van der Waals surface area contributed by atoms with Gasteiger partial charge in [-0.2, -0.15) is 0 Å². The molecule has 0 bridgehead atoms. The zero-order chi connectivity index (χ0) is 15.0. The molecule has 5 heteroatoms. The third-order valence-corrected chi connectivity index (χ3v) is 4.47. The van der Waals surface area contributed by atoms with Crippen molar-refractivity contribution in [2.24, 2.45) is 5.73 Å². The normalized spacial score (nSPS) is 21.4. The number of nitrogens with one attached hydrogen (secondary N) is 1. The molecule has 1 aromatic heterocycles. The van der Waals surface area contributed by atoms with Gasteiger partial charge >= 0.3 is 0 Å². The van der Waals surface area contributed by atoms with Gasteiger partial charge in [-0.3, -0.25) is 4.79 Å². The second-order valence-electron chi connectivity index (χ2n) is 6.09. The first-order valence-electron chi connectivity index (χ1n) is 7.61. The molecule has 4 nitrogen and oxygen atoms in total. The van der Waals surface area contributed by atoms with Crippen molar-refractivity contribution in [2.45, 2.75) is 51.6 Å². The zero-order valence-corrected chi connectivity index (χ0v) is 13.8. The lowest BCUT2D eigenvalue weighted by molar-refractivity contribution is 0.0899. The third-order valence-electron chi connectivity index (χ3n) is 4.47. The zero-order valence-electron chi connectivity index (χ0n) is 13.0. The number of furan rings is 1. The van der Waals surface area contributed by atoms with Crippen LogP contribution >= 0.6 is 12.4 Å². The van der Waals surface area contributed by atoms with Gasteiger partial charge in [-0.15, -0.1) is 12.4 Å². The van der Waals surface area contributed by atoms with Crippen LogP contribution in [0.25, 0.3) is 11.0 Å². The van der Waals surface area contributed by atoms with Gasteiger partial charge in [0.05, 0.1) is 0 Å². The minimum absolute atomic E-state index is 0. The van der Waals surface area contributed by atoms with E-state index in [-0.39, 0.29) is 30.4 Å². The molecule has 1 amide bonds. The monoisotopic (exact) mass is 322 g/mol. The van der Waals surface area contributed by atoms with E-state index in [1.165, 1.54) is 0 Å². The van der Waals surface area contributed by atoms with E-state index in [1.807, 2.05) is 32.0 Å². The standard InChI is InChI=1S/C17H22N2O2.ClH/c1-10-4-3-5-14-11(2)16(21-15(10)14)17(20)19-13-8-6-12(18)7-9-13;/h3-5,12-13H,6-9,18H2,1-2H3,(H,19,20);1H. The quantitative estimate of drug-likeness (QED) is 0.889. The van der Waals surface area contributed by atoms with Gasteiger partial charge < -0.3 is 15.5 Å². The third kappa shape index (κ3) is 3.13. The summed E-state index contributed by atoms with van der Waals surface area (Å²) in [4.78, 5) is 12.5. The first-order chi connectivity index (χ1) is 10.1. The van der Waals surface area contributed by atoms with Gasteiger partial charge in [0, 0.05) is 23.0 Å². The molecule has 0 atom stereocenters. The van der Waals surface area contributed by atoms with E-state index in [9.17, 15) is 4.79 Å². The molecule has 1 heterocycles.